The standard InChI is InChI=1S/C27H33N5O6S/c1-6-9-24-28-17(4)25-27(33)29-26(30-32(24)25)20-16-19(11-13-21(20)37-8-3)39(34,35)31-18-10-12-22(38-14-7-2)23(15-18)36-5/h10-13,15-16,31H,6-9,14H2,1-5H3,(H,29,30,33). The molecule has 12 heteroatoms. The van der Waals surface area contributed by atoms with E-state index in [1.807, 2.05) is 20.8 Å². The Kier molecular flexibility index (Phi) is 8.44. The van der Waals surface area contributed by atoms with Gasteiger partial charge in [-0.3, -0.25) is 9.52 Å². The number of aromatic nitrogens is 4. The second kappa shape index (κ2) is 11.8. The molecule has 0 amide bonds. The summed E-state index contributed by atoms with van der Waals surface area (Å²) in [6, 6.07) is 9.22. The van der Waals surface area contributed by atoms with Crippen LogP contribution in [0.25, 0.3) is 16.9 Å². The molecular formula is C27H33N5O6S. The average molecular weight is 556 g/mol. The Hall–Kier alpha value is -4.06. The Bertz CT molecular complexity index is 1640. The number of H-pyrrole nitrogens is 1. The first kappa shape index (κ1) is 28.0. The van der Waals surface area contributed by atoms with Gasteiger partial charge >= 0.3 is 0 Å². The van der Waals surface area contributed by atoms with Gasteiger partial charge in [0.05, 0.1) is 42.2 Å². The minimum atomic E-state index is -4.04. The van der Waals surface area contributed by atoms with Crippen LogP contribution in [0.4, 0.5) is 5.69 Å². The number of hydrogen-bond donors (Lipinski definition) is 2. The summed E-state index contributed by atoms with van der Waals surface area (Å²) in [4.78, 5) is 20.2. The molecule has 0 aliphatic carbocycles. The normalized spacial score (nSPS) is 11.5. The van der Waals surface area contributed by atoms with E-state index in [1.54, 1.807) is 31.2 Å². The maximum atomic E-state index is 13.4. The molecule has 0 unspecified atom stereocenters. The lowest BCUT2D eigenvalue weighted by molar-refractivity contribution is 0.294. The molecule has 0 fully saturated rings. The molecule has 208 valence electrons. The van der Waals surface area contributed by atoms with E-state index in [4.69, 9.17) is 14.2 Å². The van der Waals surface area contributed by atoms with Crippen LogP contribution in [-0.2, 0) is 16.4 Å². The summed E-state index contributed by atoms with van der Waals surface area (Å²) in [5.74, 6) is 2.13. The predicted molar refractivity (Wildman–Crippen MR) is 149 cm³/mol. The zero-order valence-electron chi connectivity index (χ0n) is 22.7. The van der Waals surface area contributed by atoms with Crippen LogP contribution in [0.15, 0.2) is 46.1 Å². The number of ether oxygens (including phenoxy) is 3. The molecule has 0 saturated heterocycles. The second-order valence-electron chi connectivity index (χ2n) is 8.84. The van der Waals surface area contributed by atoms with E-state index >= 15 is 0 Å². The van der Waals surface area contributed by atoms with Gasteiger partial charge in [0.1, 0.15) is 11.6 Å². The molecule has 2 heterocycles. The minimum absolute atomic E-state index is 0.0374. The number of hydrogen-bond acceptors (Lipinski definition) is 8. The summed E-state index contributed by atoms with van der Waals surface area (Å²) in [7, 11) is -2.55. The number of aryl methyl sites for hydroxylation is 2. The van der Waals surface area contributed by atoms with Gasteiger partial charge in [0.15, 0.2) is 22.8 Å². The van der Waals surface area contributed by atoms with Gasteiger partial charge in [-0.2, -0.15) is 0 Å². The average Bonchev–Trinajstić information content (AvgIpc) is 3.23. The van der Waals surface area contributed by atoms with Crippen molar-refractivity contribution in [2.45, 2.75) is 51.9 Å². The lowest BCUT2D eigenvalue weighted by Crippen LogP contribution is -2.17. The van der Waals surface area contributed by atoms with Crippen molar-refractivity contribution in [3.8, 4) is 28.6 Å². The first-order chi connectivity index (χ1) is 18.7. The Morgan fingerprint density at radius 3 is 2.46 bits per heavy atom. The van der Waals surface area contributed by atoms with Crippen LogP contribution >= 0.6 is 0 Å². The van der Waals surface area contributed by atoms with E-state index in [0.717, 1.165) is 12.8 Å². The molecule has 0 spiro atoms. The van der Waals surface area contributed by atoms with Crippen LogP contribution in [0.1, 0.15) is 45.1 Å². The van der Waals surface area contributed by atoms with Gasteiger partial charge < -0.3 is 19.2 Å². The van der Waals surface area contributed by atoms with Gasteiger partial charge in [-0.15, -0.1) is 5.10 Å². The van der Waals surface area contributed by atoms with Crippen LogP contribution in [-0.4, -0.2) is 48.3 Å². The highest BCUT2D eigenvalue weighted by Gasteiger charge is 2.21. The van der Waals surface area contributed by atoms with Crippen molar-refractivity contribution in [2.75, 3.05) is 25.0 Å². The van der Waals surface area contributed by atoms with E-state index in [1.165, 1.54) is 23.8 Å². The molecule has 39 heavy (non-hydrogen) atoms. The van der Waals surface area contributed by atoms with Crippen LogP contribution in [0.3, 0.4) is 0 Å². The third-order valence-corrected chi connectivity index (χ3v) is 7.29. The molecule has 0 atom stereocenters. The lowest BCUT2D eigenvalue weighted by Gasteiger charge is -2.15. The van der Waals surface area contributed by atoms with Crippen molar-refractivity contribution in [1.29, 1.82) is 0 Å². The molecule has 2 aromatic heterocycles. The molecule has 0 bridgehead atoms. The quantitative estimate of drug-likeness (QED) is 0.263. The largest absolute Gasteiger partial charge is 0.493 e. The number of methoxy groups -OCH3 is 1. The van der Waals surface area contributed by atoms with Gasteiger partial charge in [-0.05, 0) is 57.0 Å². The molecule has 0 aliphatic heterocycles. The number of nitrogens with zero attached hydrogens (tertiary/aromatic N) is 3. The SMILES string of the molecule is CCCOc1ccc(NS(=O)(=O)c2ccc(OCC)c(-c3nn4c(CCC)nc(C)c4c(=O)[nH]3)c2)cc1OC. The number of fused-ring (bicyclic) bond motifs is 1. The summed E-state index contributed by atoms with van der Waals surface area (Å²) < 4.78 is 47.7. The van der Waals surface area contributed by atoms with E-state index in [9.17, 15) is 13.2 Å². The Labute approximate surface area is 227 Å². The van der Waals surface area contributed by atoms with Crippen LogP contribution < -0.4 is 24.5 Å². The van der Waals surface area contributed by atoms with Gasteiger partial charge in [0.2, 0.25) is 0 Å². The number of sulfonamides is 1. The predicted octanol–water partition coefficient (Wildman–Crippen LogP) is 4.34. The van der Waals surface area contributed by atoms with Crippen LogP contribution in [0.5, 0.6) is 17.2 Å². The van der Waals surface area contributed by atoms with Crippen molar-refractivity contribution in [2.24, 2.45) is 0 Å². The van der Waals surface area contributed by atoms with Gasteiger partial charge in [0.25, 0.3) is 15.6 Å². The van der Waals surface area contributed by atoms with Gasteiger partial charge in [-0.25, -0.2) is 17.9 Å². The molecule has 11 nitrogen and oxygen atoms in total. The zero-order valence-corrected chi connectivity index (χ0v) is 23.5. The Morgan fingerprint density at radius 2 is 1.77 bits per heavy atom. The smallest absolute Gasteiger partial charge is 0.277 e. The van der Waals surface area contributed by atoms with E-state index in [-0.39, 0.29) is 16.3 Å². The number of anilines is 1. The van der Waals surface area contributed by atoms with Gasteiger partial charge in [0, 0.05) is 12.5 Å². The number of rotatable bonds is 12. The van der Waals surface area contributed by atoms with E-state index in [0.29, 0.717) is 65.2 Å². The third kappa shape index (κ3) is 5.85. The monoisotopic (exact) mass is 555 g/mol. The molecule has 0 saturated carbocycles. The first-order valence-electron chi connectivity index (χ1n) is 12.8. The van der Waals surface area contributed by atoms with Gasteiger partial charge in [-0.1, -0.05) is 13.8 Å². The maximum absolute atomic E-state index is 13.4. The molecule has 4 rings (SSSR count). The van der Waals surface area contributed by atoms with Crippen molar-refractivity contribution >= 4 is 21.2 Å². The molecule has 0 aliphatic rings. The van der Waals surface area contributed by atoms with Crippen molar-refractivity contribution < 1.29 is 22.6 Å². The first-order valence-corrected chi connectivity index (χ1v) is 14.3. The van der Waals surface area contributed by atoms with Crippen molar-refractivity contribution in [3.05, 3.63) is 58.3 Å². The van der Waals surface area contributed by atoms with Crippen molar-refractivity contribution in [1.82, 2.24) is 19.6 Å². The molecule has 2 aromatic carbocycles. The molecule has 4 aromatic rings. The molecular weight excluding hydrogens is 522 g/mol. The number of aromatic amines is 1. The summed E-state index contributed by atoms with van der Waals surface area (Å²) in [6.07, 6.45) is 2.28. The van der Waals surface area contributed by atoms with E-state index in [2.05, 4.69) is 19.8 Å². The number of nitrogens with one attached hydrogen (secondary N) is 2. The van der Waals surface area contributed by atoms with Crippen LogP contribution in [0, 0.1) is 6.92 Å². The number of imidazole rings is 1. The highest BCUT2D eigenvalue weighted by molar-refractivity contribution is 7.92. The Balaban J connectivity index is 1.77. The Morgan fingerprint density at radius 1 is 1.00 bits per heavy atom. The zero-order chi connectivity index (χ0) is 28.2. The van der Waals surface area contributed by atoms with Crippen molar-refractivity contribution in [3.63, 3.8) is 0 Å². The summed E-state index contributed by atoms with van der Waals surface area (Å²) in [6.45, 7) is 8.42. The maximum Gasteiger partial charge on any atom is 0.277 e. The topological polar surface area (TPSA) is 137 Å². The fraction of sp³-hybridized carbons (Fsp3) is 0.370. The summed E-state index contributed by atoms with van der Waals surface area (Å²) in [5, 5.41) is 4.63. The summed E-state index contributed by atoms with van der Waals surface area (Å²) in [5.41, 5.74) is 1.18. The highest BCUT2D eigenvalue weighted by Crippen LogP contribution is 2.33. The summed E-state index contributed by atoms with van der Waals surface area (Å²) >= 11 is 0. The van der Waals surface area contributed by atoms with Crippen LogP contribution in [0.2, 0.25) is 0 Å². The second-order valence-corrected chi connectivity index (χ2v) is 10.5. The fourth-order valence-electron chi connectivity index (χ4n) is 4.16. The minimum Gasteiger partial charge on any atom is -0.493 e. The molecule has 0 radical (unpaired) electrons. The fourth-order valence-corrected chi connectivity index (χ4v) is 5.24. The molecule has 2 N–H and O–H groups in total. The number of benzene rings is 2. The highest BCUT2D eigenvalue weighted by atomic mass is 32.2. The lowest BCUT2D eigenvalue weighted by atomic mass is 10.2. The third-order valence-electron chi connectivity index (χ3n) is 5.91. The van der Waals surface area contributed by atoms with E-state index < -0.39 is 10.0 Å².